The lowest BCUT2D eigenvalue weighted by atomic mass is 9.75. The van der Waals surface area contributed by atoms with Crippen molar-refractivity contribution < 1.29 is 26.3 Å². The van der Waals surface area contributed by atoms with E-state index in [2.05, 4.69) is 0 Å². The molecule has 186 valence electrons. The molecule has 0 N–H and O–H groups in total. The molecule has 0 heterocycles. The third kappa shape index (κ3) is 3.13. The highest BCUT2D eigenvalue weighted by Gasteiger charge is 2.33. The second-order valence-corrected chi connectivity index (χ2v) is 9.49. The van der Waals surface area contributed by atoms with Crippen molar-refractivity contribution in [3.8, 4) is 22.3 Å². The lowest BCUT2D eigenvalue weighted by molar-refractivity contribution is -0.138. The molecule has 0 atom stereocenters. The summed E-state index contributed by atoms with van der Waals surface area (Å²) < 4.78 is 79.8. The normalized spacial score (nSPS) is 13.0. The first-order valence-corrected chi connectivity index (χ1v) is 11.9. The summed E-state index contributed by atoms with van der Waals surface area (Å²) in [5.74, 6) is 0. The predicted molar refractivity (Wildman–Crippen MR) is 140 cm³/mol. The van der Waals surface area contributed by atoms with Crippen molar-refractivity contribution in [3.63, 3.8) is 0 Å². The van der Waals surface area contributed by atoms with Gasteiger partial charge in [0.05, 0.1) is 11.1 Å². The van der Waals surface area contributed by atoms with Crippen molar-refractivity contribution in [1.29, 1.82) is 0 Å². The fourth-order valence-corrected chi connectivity index (χ4v) is 5.77. The molecule has 0 aliphatic rings. The quantitative estimate of drug-likeness (QED) is 0.201. The minimum atomic E-state index is -4.44. The summed E-state index contributed by atoms with van der Waals surface area (Å²) in [4.78, 5) is 0. The van der Waals surface area contributed by atoms with Crippen LogP contribution in [0.3, 0.4) is 0 Å². The number of alkyl halides is 6. The van der Waals surface area contributed by atoms with Crippen LogP contribution in [0.5, 0.6) is 0 Å². The Balaban J connectivity index is 1.60. The van der Waals surface area contributed by atoms with Crippen LogP contribution in [0.25, 0.3) is 65.3 Å². The Bertz CT molecular complexity index is 1730. The van der Waals surface area contributed by atoms with Gasteiger partial charge >= 0.3 is 12.4 Å². The van der Waals surface area contributed by atoms with Crippen LogP contribution in [0.4, 0.5) is 26.3 Å². The van der Waals surface area contributed by atoms with Crippen molar-refractivity contribution in [1.82, 2.24) is 0 Å². The molecule has 0 saturated heterocycles. The topological polar surface area (TPSA) is 0 Å². The fraction of sp³-hybridized carbons (Fsp3) is 0.0625. The summed E-state index contributed by atoms with van der Waals surface area (Å²) in [6, 6.07) is 25.9. The van der Waals surface area contributed by atoms with Gasteiger partial charge in [-0.1, -0.05) is 72.8 Å². The molecule has 0 aliphatic carbocycles. The highest BCUT2D eigenvalue weighted by atomic mass is 19.4. The Kier molecular flexibility index (Phi) is 4.57. The summed E-state index contributed by atoms with van der Waals surface area (Å²) in [5, 5.41) is 7.50. The summed E-state index contributed by atoms with van der Waals surface area (Å²) in [6.07, 6.45) is -8.89. The Morgan fingerprint density at radius 1 is 0.342 bits per heavy atom. The van der Waals surface area contributed by atoms with E-state index in [1.807, 2.05) is 48.5 Å². The molecule has 0 unspecified atom stereocenters. The molecule has 7 aromatic rings. The van der Waals surface area contributed by atoms with Crippen molar-refractivity contribution >= 4 is 43.1 Å². The van der Waals surface area contributed by atoms with E-state index < -0.39 is 23.5 Å². The molecule has 0 spiro atoms. The summed E-state index contributed by atoms with van der Waals surface area (Å²) >= 11 is 0. The molecular weight excluding hydrogens is 498 g/mol. The van der Waals surface area contributed by atoms with Crippen molar-refractivity contribution in [3.05, 3.63) is 108 Å². The van der Waals surface area contributed by atoms with Crippen molar-refractivity contribution in [2.24, 2.45) is 0 Å². The monoisotopic (exact) mass is 514 g/mol. The summed E-state index contributed by atoms with van der Waals surface area (Å²) in [5.41, 5.74) is 1.57. The van der Waals surface area contributed by atoms with Gasteiger partial charge in [0.2, 0.25) is 0 Å². The van der Waals surface area contributed by atoms with Crippen molar-refractivity contribution in [2.75, 3.05) is 0 Å². The standard InChI is InChI=1S/C32H16F6/c33-31(34,35)19-13-9-17(10-14-19)25-27-21-5-1-2-6-22(21)28(27)26(18-11-15-20(16-12-18)32(36,37)38)30-24-8-4-3-7-23(24)29(25)30/h1-16H. The Morgan fingerprint density at radius 3 is 0.842 bits per heavy atom. The number of fused-ring (bicyclic) bond motifs is 8. The van der Waals surface area contributed by atoms with Crippen LogP contribution in [0, 0.1) is 0 Å². The van der Waals surface area contributed by atoms with Gasteiger partial charge in [-0.25, -0.2) is 0 Å². The molecule has 0 aromatic heterocycles. The number of rotatable bonds is 2. The highest BCUT2D eigenvalue weighted by molar-refractivity contribution is 6.46. The van der Waals surface area contributed by atoms with E-state index in [0.29, 0.717) is 11.1 Å². The van der Waals surface area contributed by atoms with Crippen LogP contribution in [0.15, 0.2) is 97.1 Å². The van der Waals surface area contributed by atoms with E-state index in [1.54, 1.807) is 0 Å². The van der Waals surface area contributed by atoms with Crippen LogP contribution in [0.1, 0.15) is 11.1 Å². The van der Waals surface area contributed by atoms with E-state index >= 15 is 0 Å². The molecule has 0 aliphatic heterocycles. The second kappa shape index (κ2) is 7.60. The van der Waals surface area contributed by atoms with Gasteiger partial charge in [0, 0.05) is 0 Å². The molecular formula is C32H16F6. The van der Waals surface area contributed by atoms with Crippen LogP contribution in [-0.4, -0.2) is 0 Å². The smallest absolute Gasteiger partial charge is 0.166 e. The maximum Gasteiger partial charge on any atom is 0.416 e. The van der Waals surface area contributed by atoms with Gasteiger partial charge in [-0.3, -0.25) is 0 Å². The molecule has 0 nitrogen and oxygen atoms in total. The first-order chi connectivity index (χ1) is 18.1. The van der Waals surface area contributed by atoms with Crippen LogP contribution < -0.4 is 0 Å². The fourth-order valence-electron chi connectivity index (χ4n) is 5.77. The Hall–Kier alpha value is -4.32. The minimum Gasteiger partial charge on any atom is -0.166 e. The lowest BCUT2D eigenvalue weighted by Gasteiger charge is -2.27. The summed E-state index contributed by atoms with van der Waals surface area (Å²) in [6.45, 7) is 0. The van der Waals surface area contributed by atoms with E-state index in [4.69, 9.17) is 0 Å². The van der Waals surface area contributed by atoms with E-state index in [9.17, 15) is 26.3 Å². The predicted octanol–water partition coefficient (Wildman–Crippen LogP) is 10.5. The molecule has 7 rings (SSSR count). The third-order valence-corrected chi connectivity index (χ3v) is 7.43. The average molecular weight is 514 g/mol. The molecule has 0 bridgehead atoms. The number of halogens is 6. The average Bonchev–Trinajstić information content (AvgIpc) is 2.88. The molecule has 6 heteroatoms. The first kappa shape index (κ1) is 22.8. The largest absolute Gasteiger partial charge is 0.416 e. The van der Waals surface area contributed by atoms with E-state index in [-0.39, 0.29) is 0 Å². The zero-order chi connectivity index (χ0) is 26.4. The Morgan fingerprint density at radius 2 is 0.605 bits per heavy atom. The molecule has 0 radical (unpaired) electrons. The molecule has 0 saturated carbocycles. The SMILES string of the molecule is FC(F)(F)c1ccc(-c2c3c4ccccc4c3c(-c3ccc(C(F)(F)F)cc3)c3c4ccccc4c23)cc1. The Labute approximate surface area is 212 Å². The zero-order valence-electron chi connectivity index (χ0n) is 19.5. The highest BCUT2D eigenvalue weighted by Crippen LogP contribution is 2.56. The van der Waals surface area contributed by atoms with Crippen LogP contribution >= 0.6 is 0 Å². The van der Waals surface area contributed by atoms with Gasteiger partial charge in [0.25, 0.3) is 0 Å². The molecule has 0 amide bonds. The number of hydrogen-bond donors (Lipinski definition) is 0. The van der Waals surface area contributed by atoms with Crippen LogP contribution in [-0.2, 0) is 12.4 Å². The van der Waals surface area contributed by atoms with Gasteiger partial charge in [-0.15, -0.1) is 0 Å². The van der Waals surface area contributed by atoms with E-state index in [0.717, 1.165) is 78.5 Å². The zero-order valence-corrected chi connectivity index (χ0v) is 19.5. The molecule has 38 heavy (non-hydrogen) atoms. The first-order valence-electron chi connectivity index (χ1n) is 11.9. The number of hydrogen-bond acceptors (Lipinski definition) is 0. The van der Waals surface area contributed by atoms with E-state index in [1.165, 1.54) is 24.3 Å². The second-order valence-electron chi connectivity index (χ2n) is 9.49. The third-order valence-electron chi connectivity index (χ3n) is 7.43. The summed E-state index contributed by atoms with van der Waals surface area (Å²) in [7, 11) is 0. The molecule has 0 fully saturated rings. The van der Waals surface area contributed by atoms with Crippen LogP contribution in [0.2, 0.25) is 0 Å². The van der Waals surface area contributed by atoms with Gasteiger partial charge in [-0.2, -0.15) is 26.3 Å². The minimum absolute atomic E-state index is 0.661. The van der Waals surface area contributed by atoms with Gasteiger partial charge in [0.1, 0.15) is 0 Å². The molecule has 7 aromatic carbocycles. The maximum absolute atomic E-state index is 13.3. The van der Waals surface area contributed by atoms with Gasteiger partial charge in [0.15, 0.2) is 0 Å². The maximum atomic E-state index is 13.3. The lowest BCUT2D eigenvalue weighted by Crippen LogP contribution is -2.05. The van der Waals surface area contributed by atoms with Crippen molar-refractivity contribution in [2.45, 2.75) is 12.4 Å². The number of benzene rings is 5. The van der Waals surface area contributed by atoms with Gasteiger partial charge < -0.3 is 0 Å². The van der Waals surface area contributed by atoms with Gasteiger partial charge in [-0.05, 0) is 89.6 Å².